The molecule has 0 atom stereocenters. The first-order chi connectivity index (χ1) is 15.2. The second-order valence-corrected chi connectivity index (χ2v) is 7.06. The lowest BCUT2D eigenvalue weighted by Gasteiger charge is -2.28. The van der Waals surface area contributed by atoms with Crippen LogP contribution in [0.5, 0.6) is 5.75 Å². The van der Waals surface area contributed by atoms with Crippen LogP contribution in [0.4, 0.5) is 5.82 Å². The van der Waals surface area contributed by atoms with Gasteiger partial charge in [-0.15, -0.1) is 15.9 Å². The number of rotatable bonds is 4. The molecule has 0 saturated carbocycles. The summed E-state index contributed by atoms with van der Waals surface area (Å²) in [6, 6.07) is 3.57. The largest absolute Gasteiger partial charge is 0.504 e. The van der Waals surface area contributed by atoms with E-state index in [9.17, 15) is 9.90 Å². The van der Waals surface area contributed by atoms with Crippen LogP contribution in [0, 0.1) is 0 Å². The van der Waals surface area contributed by atoms with Crippen molar-refractivity contribution in [2.75, 3.05) is 24.5 Å². The molecule has 2 aliphatic rings. The number of piperazine rings is 1. The number of hydrogen-bond acceptors (Lipinski definition) is 8. The van der Waals surface area contributed by atoms with Gasteiger partial charge in [-0.3, -0.25) is 9.78 Å². The number of nitrogens with zero attached hydrogens (tertiary/aromatic N) is 5. The highest BCUT2D eigenvalue weighted by Crippen LogP contribution is 2.37. The highest BCUT2D eigenvalue weighted by Gasteiger charge is 2.25. The van der Waals surface area contributed by atoms with Crippen LogP contribution in [-0.4, -0.2) is 50.8 Å². The maximum atomic E-state index is 11.9. The van der Waals surface area contributed by atoms with Crippen molar-refractivity contribution in [3.63, 3.8) is 0 Å². The Hall–Kier alpha value is -4.23. The molecular formula is C22H18N6O3. The lowest BCUT2D eigenvalue weighted by Crippen LogP contribution is -2.48. The molecule has 1 fully saturated rings. The smallest absolute Gasteiger partial charge is 0.270 e. The Labute approximate surface area is 177 Å². The number of fused-ring (bicyclic) bond motifs is 1. The van der Waals surface area contributed by atoms with E-state index in [2.05, 4.69) is 31.2 Å². The van der Waals surface area contributed by atoms with Gasteiger partial charge < -0.3 is 19.7 Å². The normalized spacial score (nSPS) is 15.8. The molecule has 1 aliphatic heterocycles. The van der Waals surface area contributed by atoms with E-state index < -0.39 is 0 Å². The number of hydrogen-bond donors (Lipinski definition) is 2. The Morgan fingerprint density at radius 2 is 2.19 bits per heavy atom. The summed E-state index contributed by atoms with van der Waals surface area (Å²) in [6.45, 7) is 1.26. The van der Waals surface area contributed by atoms with E-state index in [4.69, 9.17) is 4.42 Å². The Morgan fingerprint density at radius 3 is 3.10 bits per heavy atom. The standard InChI is InChI=1S/C22H18N6O3/c29-16-13-28(11-10-23-16)21-15-8-5-9-24-18(15)20(30)19(25-21)22-27-26-17(31-22)12-14-6-3-1-2-4-7-14/h1-6,8-9,30H,10-13H2,(H,23,29). The number of carbonyl (C=O) groups is 1. The van der Waals surface area contributed by atoms with Crippen LogP contribution in [0.3, 0.4) is 0 Å². The number of allylic oxidation sites excluding steroid dienone is 5. The molecule has 4 heterocycles. The van der Waals surface area contributed by atoms with Gasteiger partial charge >= 0.3 is 0 Å². The van der Waals surface area contributed by atoms with Gasteiger partial charge in [-0.05, 0) is 18.2 Å². The molecule has 3 aromatic rings. The SMILES string of the molecule is O=C1CN(c2nc(-c3nnc(CC4=C=CC=CC=C4)o3)c(O)c3ncccc23)CCN1. The Balaban J connectivity index is 1.56. The minimum absolute atomic E-state index is 0.0862. The van der Waals surface area contributed by atoms with E-state index in [0.717, 1.165) is 5.57 Å². The van der Waals surface area contributed by atoms with Crippen molar-refractivity contribution in [1.29, 1.82) is 0 Å². The van der Waals surface area contributed by atoms with Gasteiger partial charge in [0, 0.05) is 30.2 Å². The predicted molar refractivity (Wildman–Crippen MR) is 113 cm³/mol. The molecular weight excluding hydrogens is 396 g/mol. The molecule has 154 valence electrons. The molecule has 0 unspecified atom stereocenters. The van der Waals surface area contributed by atoms with Gasteiger partial charge in [-0.25, -0.2) is 4.98 Å². The highest BCUT2D eigenvalue weighted by molar-refractivity contribution is 5.98. The van der Waals surface area contributed by atoms with E-state index in [1.54, 1.807) is 12.3 Å². The van der Waals surface area contributed by atoms with Gasteiger partial charge in [0.2, 0.25) is 11.8 Å². The first kappa shape index (κ1) is 18.8. The molecule has 9 heteroatoms. The molecule has 0 radical (unpaired) electrons. The van der Waals surface area contributed by atoms with Gasteiger partial charge in [0.1, 0.15) is 11.3 Å². The number of aromatic hydroxyl groups is 1. The van der Waals surface area contributed by atoms with E-state index in [-0.39, 0.29) is 29.8 Å². The van der Waals surface area contributed by atoms with Crippen LogP contribution in [-0.2, 0) is 11.2 Å². The molecule has 1 aliphatic carbocycles. The summed E-state index contributed by atoms with van der Waals surface area (Å²) in [7, 11) is 0. The molecule has 0 bridgehead atoms. The molecule has 1 amide bonds. The minimum Gasteiger partial charge on any atom is -0.504 e. The second-order valence-electron chi connectivity index (χ2n) is 7.06. The summed E-state index contributed by atoms with van der Waals surface area (Å²) < 4.78 is 5.81. The number of amides is 1. The average molecular weight is 414 g/mol. The Bertz CT molecular complexity index is 1300. The average Bonchev–Trinajstić information content (AvgIpc) is 3.09. The zero-order valence-electron chi connectivity index (χ0n) is 16.4. The van der Waals surface area contributed by atoms with Gasteiger partial charge in [-0.1, -0.05) is 24.3 Å². The van der Waals surface area contributed by atoms with Crippen molar-refractivity contribution in [3.05, 3.63) is 65.9 Å². The van der Waals surface area contributed by atoms with Gasteiger partial charge in [0.15, 0.2) is 11.4 Å². The molecule has 2 N–H and O–H groups in total. The fraction of sp³-hybridized carbons (Fsp3) is 0.182. The summed E-state index contributed by atoms with van der Waals surface area (Å²) in [5.41, 5.74) is 4.52. The number of nitrogens with one attached hydrogen (secondary N) is 1. The molecule has 0 aromatic carbocycles. The van der Waals surface area contributed by atoms with Crippen molar-refractivity contribution in [3.8, 4) is 17.3 Å². The quantitative estimate of drug-likeness (QED) is 0.623. The molecule has 9 nitrogen and oxygen atoms in total. The third kappa shape index (κ3) is 3.70. The van der Waals surface area contributed by atoms with Crippen LogP contribution >= 0.6 is 0 Å². The van der Waals surface area contributed by atoms with Crippen molar-refractivity contribution in [2.45, 2.75) is 6.42 Å². The third-order valence-electron chi connectivity index (χ3n) is 4.95. The summed E-state index contributed by atoms with van der Waals surface area (Å²) in [6.07, 6.45) is 11.4. The van der Waals surface area contributed by atoms with Crippen molar-refractivity contribution >= 4 is 22.6 Å². The monoisotopic (exact) mass is 414 g/mol. The number of anilines is 1. The summed E-state index contributed by atoms with van der Waals surface area (Å²) in [5.74, 6) is 0.761. The minimum atomic E-state index is -0.145. The Kier molecular flexibility index (Phi) is 4.78. The van der Waals surface area contributed by atoms with Crippen LogP contribution in [0.15, 0.2) is 64.4 Å². The van der Waals surface area contributed by atoms with Gasteiger partial charge in [-0.2, -0.15) is 0 Å². The number of carbonyl (C=O) groups excluding carboxylic acids is 1. The lowest BCUT2D eigenvalue weighted by molar-refractivity contribution is -0.120. The molecule has 1 saturated heterocycles. The summed E-state index contributed by atoms with van der Waals surface area (Å²) >= 11 is 0. The van der Waals surface area contributed by atoms with E-state index in [1.165, 1.54) is 0 Å². The number of aromatic nitrogens is 4. The van der Waals surface area contributed by atoms with Crippen LogP contribution in [0.25, 0.3) is 22.5 Å². The highest BCUT2D eigenvalue weighted by atomic mass is 16.4. The van der Waals surface area contributed by atoms with Gasteiger partial charge in [0.25, 0.3) is 5.89 Å². The van der Waals surface area contributed by atoms with Gasteiger partial charge in [0.05, 0.1) is 13.0 Å². The topological polar surface area (TPSA) is 117 Å². The third-order valence-corrected chi connectivity index (χ3v) is 4.95. The van der Waals surface area contributed by atoms with E-state index in [1.807, 2.05) is 41.3 Å². The Morgan fingerprint density at radius 1 is 1.26 bits per heavy atom. The summed E-state index contributed by atoms with van der Waals surface area (Å²) in [5, 5.41) is 22.5. The van der Waals surface area contributed by atoms with Crippen LogP contribution in [0.2, 0.25) is 0 Å². The fourth-order valence-corrected chi connectivity index (χ4v) is 3.50. The van der Waals surface area contributed by atoms with Crippen molar-refractivity contribution in [2.24, 2.45) is 0 Å². The van der Waals surface area contributed by atoms with Crippen molar-refractivity contribution in [1.82, 2.24) is 25.5 Å². The van der Waals surface area contributed by atoms with E-state index in [0.29, 0.717) is 42.1 Å². The second kappa shape index (κ2) is 7.89. The maximum Gasteiger partial charge on any atom is 0.270 e. The molecule has 31 heavy (non-hydrogen) atoms. The van der Waals surface area contributed by atoms with Crippen molar-refractivity contribution < 1.29 is 14.3 Å². The molecule has 5 rings (SSSR count). The lowest BCUT2D eigenvalue weighted by atomic mass is 10.1. The molecule has 3 aromatic heterocycles. The predicted octanol–water partition coefficient (Wildman–Crippen LogP) is 2.07. The molecule has 0 spiro atoms. The number of pyridine rings is 2. The zero-order valence-corrected chi connectivity index (χ0v) is 16.4. The zero-order chi connectivity index (χ0) is 21.2. The first-order valence-corrected chi connectivity index (χ1v) is 9.80. The fourth-order valence-electron chi connectivity index (χ4n) is 3.50. The van der Waals surface area contributed by atoms with Crippen LogP contribution in [0.1, 0.15) is 5.89 Å². The van der Waals surface area contributed by atoms with Crippen LogP contribution < -0.4 is 10.2 Å². The maximum absolute atomic E-state index is 11.9. The van der Waals surface area contributed by atoms with E-state index >= 15 is 0 Å². The summed E-state index contributed by atoms with van der Waals surface area (Å²) in [4.78, 5) is 22.7. The first-order valence-electron chi connectivity index (χ1n) is 9.80.